The summed E-state index contributed by atoms with van der Waals surface area (Å²) in [5, 5.41) is 13.3. The van der Waals surface area contributed by atoms with Crippen molar-refractivity contribution in [3.05, 3.63) is 35.4 Å². The van der Waals surface area contributed by atoms with E-state index in [1.54, 1.807) is 4.90 Å². The molecule has 8 nitrogen and oxygen atoms in total. The first-order chi connectivity index (χ1) is 14.8. The Morgan fingerprint density at radius 1 is 1.19 bits per heavy atom. The number of guanidine groups is 1. The van der Waals surface area contributed by atoms with Crippen LogP contribution in [0.25, 0.3) is 0 Å². The quantitative estimate of drug-likeness (QED) is 0.554. The van der Waals surface area contributed by atoms with Crippen molar-refractivity contribution in [3.63, 3.8) is 0 Å². The number of likely N-dealkylation sites (tertiary alicyclic amines) is 1. The summed E-state index contributed by atoms with van der Waals surface area (Å²) in [7, 11) is 0. The van der Waals surface area contributed by atoms with E-state index < -0.39 is 5.60 Å². The number of halogens is 1. The van der Waals surface area contributed by atoms with Gasteiger partial charge in [-0.2, -0.15) is 0 Å². The van der Waals surface area contributed by atoms with Crippen molar-refractivity contribution >= 4 is 36.0 Å². The number of hydrogen-bond acceptors (Lipinski definition) is 7. The van der Waals surface area contributed by atoms with Gasteiger partial charge < -0.3 is 25.0 Å². The molecule has 1 aromatic rings. The summed E-state index contributed by atoms with van der Waals surface area (Å²) in [6, 6.07) is 8.66. The Bertz CT molecular complexity index is 828. The lowest BCUT2D eigenvalue weighted by atomic mass is 10.1. The van der Waals surface area contributed by atoms with Crippen LogP contribution in [0.4, 0.5) is 4.79 Å². The predicted molar refractivity (Wildman–Crippen MR) is 135 cm³/mol. The van der Waals surface area contributed by atoms with E-state index in [1.165, 1.54) is 11.1 Å². The summed E-state index contributed by atoms with van der Waals surface area (Å²) >= 11 is 0. The van der Waals surface area contributed by atoms with Gasteiger partial charge in [-0.05, 0) is 38.3 Å². The lowest BCUT2D eigenvalue weighted by Crippen LogP contribution is -2.57. The number of benzene rings is 1. The van der Waals surface area contributed by atoms with E-state index in [4.69, 9.17) is 9.73 Å². The van der Waals surface area contributed by atoms with Crippen LogP contribution in [0.2, 0.25) is 0 Å². The van der Waals surface area contributed by atoms with Crippen molar-refractivity contribution in [3.8, 4) is 0 Å². The molecule has 0 aliphatic carbocycles. The predicted octanol–water partition coefficient (Wildman–Crippen LogP) is 2.25. The molecule has 2 unspecified atom stereocenters. The first-order valence-electron chi connectivity index (χ1n) is 11.3. The number of ether oxygens (including phenoxy) is 1. The monoisotopic (exact) mass is 557 g/mol. The lowest BCUT2D eigenvalue weighted by molar-refractivity contribution is 0.0137. The van der Waals surface area contributed by atoms with Gasteiger partial charge in [0.15, 0.2) is 5.96 Å². The first-order valence-corrected chi connectivity index (χ1v) is 11.3. The van der Waals surface area contributed by atoms with Crippen LogP contribution in [0.3, 0.4) is 0 Å². The Balaban J connectivity index is 0.00000289. The Kier molecular flexibility index (Phi) is 8.26. The summed E-state index contributed by atoms with van der Waals surface area (Å²) in [5.41, 5.74) is 2.06. The Labute approximate surface area is 208 Å². The van der Waals surface area contributed by atoms with Gasteiger partial charge in [0.05, 0.1) is 18.7 Å². The lowest BCUT2D eigenvalue weighted by Gasteiger charge is -2.39. The normalized spacial score (nSPS) is 23.4. The third kappa shape index (κ3) is 6.26. The minimum Gasteiger partial charge on any atom is -0.444 e. The van der Waals surface area contributed by atoms with E-state index in [0.29, 0.717) is 26.2 Å². The summed E-state index contributed by atoms with van der Waals surface area (Å²) in [4.78, 5) is 23.5. The minimum absolute atomic E-state index is 0. The standard InChI is InChI=1S/C23H35N5O3.HI/c1-23(2,3)31-22(30)27-10-11-28-19(15-27)13-25-21(28)24-12-17-6-4-5-7-18(17)14-26-9-8-20(29)16-26;/h4-7,19-20,29H,8-16H2,1-3H3,(H,24,25);1H. The minimum atomic E-state index is -0.479. The Morgan fingerprint density at radius 2 is 1.94 bits per heavy atom. The molecule has 0 bridgehead atoms. The third-order valence-corrected chi connectivity index (χ3v) is 6.06. The maximum absolute atomic E-state index is 12.4. The maximum Gasteiger partial charge on any atom is 0.410 e. The van der Waals surface area contributed by atoms with E-state index in [-0.39, 0.29) is 42.2 Å². The van der Waals surface area contributed by atoms with Crippen molar-refractivity contribution in [2.75, 3.05) is 39.3 Å². The summed E-state index contributed by atoms with van der Waals surface area (Å²) in [5.74, 6) is 0.917. The van der Waals surface area contributed by atoms with Gasteiger partial charge >= 0.3 is 6.09 Å². The van der Waals surface area contributed by atoms with E-state index in [1.807, 2.05) is 20.8 Å². The molecule has 3 aliphatic rings. The van der Waals surface area contributed by atoms with Gasteiger partial charge in [0.25, 0.3) is 0 Å². The van der Waals surface area contributed by atoms with Crippen LogP contribution in [0.5, 0.6) is 0 Å². The zero-order valence-electron chi connectivity index (χ0n) is 19.3. The van der Waals surface area contributed by atoms with Crippen molar-refractivity contribution in [1.29, 1.82) is 0 Å². The van der Waals surface area contributed by atoms with Crippen LogP contribution in [-0.4, -0.2) is 88.9 Å². The number of fused-ring (bicyclic) bond motifs is 1. The SMILES string of the molecule is CC(C)(C)OC(=O)N1CCN2C(NCc3ccccc3CN3CCC(O)C3)=NCC2C1.I. The van der Waals surface area contributed by atoms with Gasteiger partial charge in [-0.15, -0.1) is 24.0 Å². The molecule has 9 heteroatoms. The zero-order valence-corrected chi connectivity index (χ0v) is 21.6. The number of aliphatic hydroxyl groups is 1. The number of carbonyl (C=O) groups excluding carboxylic acids is 1. The number of amides is 1. The number of β-amino-alcohol motifs (C(OH)–C–C–N with tert-alkyl or cyclic N) is 1. The van der Waals surface area contributed by atoms with Gasteiger partial charge in [-0.3, -0.25) is 9.89 Å². The number of rotatable bonds is 4. The molecule has 178 valence electrons. The van der Waals surface area contributed by atoms with Crippen LogP contribution in [-0.2, 0) is 17.8 Å². The number of carbonyl (C=O) groups is 1. The van der Waals surface area contributed by atoms with Crippen LogP contribution < -0.4 is 5.32 Å². The Hall–Kier alpha value is -1.59. The highest BCUT2D eigenvalue weighted by atomic mass is 127. The average molecular weight is 557 g/mol. The van der Waals surface area contributed by atoms with Crippen molar-refractivity contribution in [2.24, 2.45) is 4.99 Å². The van der Waals surface area contributed by atoms with E-state index in [2.05, 4.69) is 39.4 Å². The highest BCUT2D eigenvalue weighted by Gasteiger charge is 2.36. The maximum atomic E-state index is 12.4. The van der Waals surface area contributed by atoms with Crippen LogP contribution >= 0.6 is 24.0 Å². The summed E-state index contributed by atoms with van der Waals surface area (Å²) in [6.45, 7) is 11.7. The number of hydrogen-bond donors (Lipinski definition) is 2. The number of aliphatic hydroxyl groups excluding tert-OH is 1. The molecule has 2 fully saturated rings. The Morgan fingerprint density at radius 3 is 2.62 bits per heavy atom. The highest BCUT2D eigenvalue weighted by molar-refractivity contribution is 14.0. The first kappa shape index (κ1) is 25.0. The van der Waals surface area contributed by atoms with Crippen molar-refractivity contribution < 1.29 is 14.6 Å². The summed E-state index contributed by atoms with van der Waals surface area (Å²) in [6.07, 6.45) is 0.414. The molecule has 2 N–H and O–H groups in total. The van der Waals surface area contributed by atoms with Gasteiger partial charge in [0.1, 0.15) is 5.60 Å². The molecular formula is C23H36IN5O3. The smallest absolute Gasteiger partial charge is 0.410 e. The van der Waals surface area contributed by atoms with E-state index in [9.17, 15) is 9.90 Å². The number of nitrogens with one attached hydrogen (secondary N) is 1. The van der Waals surface area contributed by atoms with Gasteiger partial charge in [0.2, 0.25) is 0 Å². The van der Waals surface area contributed by atoms with E-state index in [0.717, 1.165) is 38.6 Å². The topological polar surface area (TPSA) is 80.6 Å². The van der Waals surface area contributed by atoms with Crippen LogP contribution in [0.1, 0.15) is 38.3 Å². The molecule has 1 amide bonds. The second-order valence-corrected chi connectivity index (χ2v) is 9.74. The van der Waals surface area contributed by atoms with Crippen molar-refractivity contribution in [2.45, 2.75) is 58.0 Å². The van der Waals surface area contributed by atoms with Crippen molar-refractivity contribution in [1.82, 2.24) is 20.0 Å². The van der Waals surface area contributed by atoms with Crippen LogP contribution in [0.15, 0.2) is 29.3 Å². The molecule has 3 aliphatic heterocycles. The molecule has 0 saturated carbocycles. The largest absolute Gasteiger partial charge is 0.444 e. The molecule has 0 aromatic heterocycles. The van der Waals surface area contributed by atoms with Gasteiger partial charge in [0, 0.05) is 45.8 Å². The van der Waals surface area contributed by atoms with Crippen LogP contribution in [0, 0.1) is 0 Å². The second-order valence-electron chi connectivity index (χ2n) is 9.74. The fraction of sp³-hybridized carbons (Fsp3) is 0.652. The molecule has 0 spiro atoms. The number of aliphatic imine (C=N–C) groups is 1. The average Bonchev–Trinajstić information content (AvgIpc) is 3.31. The third-order valence-electron chi connectivity index (χ3n) is 6.06. The second kappa shape index (κ2) is 10.6. The van der Waals surface area contributed by atoms with E-state index >= 15 is 0 Å². The summed E-state index contributed by atoms with van der Waals surface area (Å²) < 4.78 is 5.53. The molecule has 1 aromatic carbocycles. The molecule has 2 atom stereocenters. The molecule has 32 heavy (non-hydrogen) atoms. The fourth-order valence-electron chi connectivity index (χ4n) is 4.48. The van der Waals surface area contributed by atoms with Gasteiger partial charge in [-0.1, -0.05) is 24.3 Å². The molecule has 4 rings (SSSR count). The van der Waals surface area contributed by atoms with Gasteiger partial charge in [-0.25, -0.2) is 4.79 Å². The fourth-order valence-corrected chi connectivity index (χ4v) is 4.48. The number of piperazine rings is 1. The molecule has 0 radical (unpaired) electrons. The molecule has 2 saturated heterocycles. The molecule has 3 heterocycles. The highest BCUT2D eigenvalue weighted by Crippen LogP contribution is 2.20. The number of nitrogens with zero attached hydrogens (tertiary/aromatic N) is 4. The molecular weight excluding hydrogens is 521 g/mol. The zero-order chi connectivity index (χ0) is 22.0.